The molecule has 0 heterocycles. The topological polar surface area (TPSA) is 21.3 Å². The minimum atomic E-state index is 0.190. The van der Waals surface area contributed by atoms with E-state index in [4.69, 9.17) is 16.3 Å². The predicted molar refractivity (Wildman–Crippen MR) is 67.4 cm³/mol. The van der Waals surface area contributed by atoms with Gasteiger partial charge >= 0.3 is 0 Å². The second-order valence-corrected chi connectivity index (χ2v) is 4.62. The fourth-order valence-corrected chi connectivity index (χ4v) is 2.35. The largest absolute Gasteiger partial charge is 0.383 e. The van der Waals surface area contributed by atoms with Crippen LogP contribution >= 0.6 is 27.5 Å². The van der Waals surface area contributed by atoms with Crippen LogP contribution in [0.1, 0.15) is 18.5 Å². The SMILES string of the molecule is CCNC(COC)c1cc(Cl)cc(Br)c1. The summed E-state index contributed by atoms with van der Waals surface area (Å²) in [5, 5.41) is 4.08. The molecule has 0 spiro atoms. The Hall–Kier alpha value is -0.0900. The maximum atomic E-state index is 6.00. The molecule has 0 fully saturated rings. The van der Waals surface area contributed by atoms with E-state index in [1.807, 2.05) is 12.1 Å². The minimum Gasteiger partial charge on any atom is -0.383 e. The van der Waals surface area contributed by atoms with Gasteiger partial charge in [0.2, 0.25) is 0 Å². The molecule has 0 aliphatic carbocycles. The minimum absolute atomic E-state index is 0.190. The van der Waals surface area contributed by atoms with E-state index in [9.17, 15) is 0 Å². The Bertz CT molecular complexity index is 293. The molecule has 0 saturated carbocycles. The van der Waals surface area contributed by atoms with Crippen LogP contribution in [-0.4, -0.2) is 20.3 Å². The van der Waals surface area contributed by atoms with Crippen molar-refractivity contribution in [2.24, 2.45) is 0 Å². The smallest absolute Gasteiger partial charge is 0.0657 e. The van der Waals surface area contributed by atoms with Crippen LogP contribution in [0.5, 0.6) is 0 Å². The number of hydrogen-bond acceptors (Lipinski definition) is 2. The predicted octanol–water partition coefficient (Wildman–Crippen LogP) is 3.40. The summed E-state index contributed by atoms with van der Waals surface area (Å²) in [7, 11) is 1.70. The lowest BCUT2D eigenvalue weighted by atomic mass is 10.1. The van der Waals surface area contributed by atoms with Crippen LogP contribution in [0.2, 0.25) is 5.02 Å². The van der Waals surface area contributed by atoms with Crippen molar-refractivity contribution in [1.82, 2.24) is 5.32 Å². The van der Waals surface area contributed by atoms with Gasteiger partial charge in [-0.15, -0.1) is 0 Å². The normalized spacial score (nSPS) is 12.8. The molecule has 0 aromatic heterocycles. The van der Waals surface area contributed by atoms with Crippen molar-refractivity contribution in [1.29, 1.82) is 0 Å². The number of hydrogen-bond donors (Lipinski definition) is 1. The van der Waals surface area contributed by atoms with Crippen LogP contribution in [0.4, 0.5) is 0 Å². The first kappa shape index (κ1) is 13.0. The first-order valence-corrected chi connectivity index (χ1v) is 6.02. The quantitative estimate of drug-likeness (QED) is 0.898. The summed E-state index contributed by atoms with van der Waals surface area (Å²) >= 11 is 9.43. The van der Waals surface area contributed by atoms with E-state index < -0.39 is 0 Å². The number of nitrogens with one attached hydrogen (secondary N) is 1. The average molecular weight is 293 g/mol. The molecule has 1 N–H and O–H groups in total. The molecule has 0 saturated heterocycles. The Labute approximate surface area is 104 Å². The zero-order valence-corrected chi connectivity index (χ0v) is 11.2. The van der Waals surface area contributed by atoms with E-state index in [1.54, 1.807) is 7.11 Å². The lowest BCUT2D eigenvalue weighted by Crippen LogP contribution is -2.24. The molecule has 84 valence electrons. The third-order valence-corrected chi connectivity index (χ3v) is 2.75. The van der Waals surface area contributed by atoms with Crippen molar-refractivity contribution in [3.05, 3.63) is 33.3 Å². The molecule has 1 unspecified atom stereocenters. The Morgan fingerprint density at radius 2 is 2.20 bits per heavy atom. The van der Waals surface area contributed by atoms with Gasteiger partial charge in [-0.1, -0.05) is 34.5 Å². The van der Waals surface area contributed by atoms with Gasteiger partial charge in [-0.3, -0.25) is 0 Å². The Morgan fingerprint density at radius 3 is 2.73 bits per heavy atom. The summed E-state index contributed by atoms with van der Waals surface area (Å²) in [6.07, 6.45) is 0. The lowest BCUT2D eigenvalue weighted by molar-refractivity contribution is 0.168. The third-order valence-electron chi connectivity index (χ3n) is 2.07. The standard InChI is InChI=1S/C11H15BrClNO/c1-3-14-11(7-15-2)8-4-9(12)6-10(13)5-8/h4-6,11,14H,3,7H2,1-2H3. The van der Waals surface area contributed by atoms with Gasteiger partial charge in [0.15, 0.2) is 0 Å². The summed E-state index contributed by atoms with van der Waals surface area (Å²) in [5.74, 6) is 0. The molecule has 0 aliphatic heterocycles. The fourth-order valence-electron chi connectivity index (χ4n) is 1.46. The van der Waals surface area contributed by atoms with Crippen molar-refractivity contribution < 1.29 is 4.74 Å². The van der Waals surface area contributed by atoms with E-state index in [2.05, 4.69) is 34.2 Å². The number of benzene rings is 1. The van der Waals surface area contributed by atoms with Gasteiger partial charge in [0.25, 0.3) is 0 Å². The van der Waals surface area contributed by atoms with Gasteiger partial charge in [-0.05, 0) is 30.3 Å². The first-order chi connectivity index (χ1) is 7.17. The highest BCUT2D eigenvalue weighted by atomic mass is 79.9. The monoisotopic (exact) mass is 291 g/mol. The highest BCUT2D eigenvalue weighted by molar-refractivity contribution is 9.10. The van der Waals surface area contributed by atoms with Gasteiger partial charge in [-0.2, -0.15) is 0 Å². The van der Waals surface area contributed by atoms with E-state index in [0.717, 1.165) is 21.6 Å². The second kappa shape index (κ2) is 6.48. The van der Waals surface area contributed by atoms with E-state index in [-0.39, 0.29) is 6.04 Å². The van der Waals surface area contributed by atoms with Crippen LogP contribution in [0.25, 0.3) is 0 Å². The number of ether oxygens (including phenoxy) is 1. The van der Waals surface area contributed by atoms with Crippen molar-refractivity contribution in [3.63, 3.8) is 0 Å². The molecule has 15 heavy (non-hydrogen) atoms. The van der Waals surface area contributed by atoms with E-state index >= 15 is 0 Å². The van der Waals surface area contributed by atoms with Crippen LogP contribution in [0.15, 0.2) is 22.7 Å². The zero-order valence-electron chi connectivity index (χ0n) is 8.89. The van der Waals surface area contributed by atoms with Crippen molar-refractivity contribution in [2.45, 2.75) is 13.0 Å². The van der Waals surface area contributed by atoms with Crippen molar-refractivity contribution in [3.8, 4) is 0 Å². The van der Waals surface area contributed by atoms with Gasteiger partial charge in [0.1, 0.15) is 0 Å². The highest BCUT2D eigenvalue weighted by Crippen LogP contribution is 2.24. The summed E-state index contributed by atoms with van der Waals surface area (Å²) < 4.78 is 6.16. The lowest BCUT2D eigenvalue weighted by Gasteiger charge is -2.17. The Kier molecular flexibility index (Phi) is 5.61. The molecule has 1 rings (SSSR count). The molecule has 0 amide bonds. The Morgan fingerprint density at radius 1 is 1.47 bits per heavy atom. The molecule has 2 nitrogen and oxygen atoms in total. The number of methoxy groups -OCH3 is 1. The number of likely N-dealkylation sites (N-methyl/N-ethyl adjacent to an activating group) is 1. The Balaban J connectivity index is 2.88. The molecule has 0 aliphatic rings. The van der Waals surface area contributed by atoms with Gasteiger partial charge in [0.05, 0.1) is 12.6 Å². The first-order valence-electron chi connectivity index (χ1n) is 4.85. The van der Waals surface area contributed by atoms with E-state index in [1.165, 1.54) is 0 Å². The molecule has 1 aromatic rings. The maximum Gasteiger partial charge on any atom is 0.0657 e. The molecule has 0 radical (unpaired) electrons. The van der Waals surface area contributed by atoms with Crippen LogP contribution in [-0.2, 0) is 4.74 Å². The summed E-state index contributed by atoms with van der Waals surface area (Å²) in [6, 6.07) is 6.08. The molecular formula is C11H15BrClNO. The number of halogens is 2. The molecule has 0 bridgehead atoms. The second-order valence-electron chi connectivity index (χ2n) is 3.27. The molecule has 1 atom stereocenters. The van der Waals surface area contributed by atoms with Crippen molar-refractivity contribution in [2.75, 3.05) is 20.3 Å². The summed E-state index contributed by atoms with van der Waals surface area (Å²) in [6.45, 7) is 3.61. The third kappa shape index (κ3) is 4.11. The van der Waals surface area contributed by atoms with Gasteiger partial charge in [-0.25, -0.2) is 0 Å². The molecular weight excluding hydrogens is 277 g/mol. The summed E-state index contributed by atoms with van der Waals surface area (Å²) in [5.41, 5.74) is 1.14. The van der Waals surface area contributed by atoms with Crippen LogP contribution in [0, 0.1) is 0 Å². The zero-order chi connectivity index (χ0) is 11.3. The molecule has 4 heteroatoms. The van der Waals surface area contributed by atoms with Crippen LogP contribution < -0.4 is 5.32 Å². The molecule has 1 aromatic carbocycles. The number of rotatable bonds is 5. The highest BCUT2D eigenvalue weighted by Gasteiger charge is 2.10. The van der Waals surface area contributed by atoms with Crippen molar-refractivity contribution >= 4 is 27.5 Å². The van der Waals surface area contributed by atoms with E-state index in [0.29, 0.717) is 6.61 Å². The van der Waals surface area contributed by atoms with Crippen LogP contribution in [0.3, 0.4) is 0 Å². The summed E-state index contributed by atoms with van der Waals surface area (Å²) in [4.78, 5) is 0. The average Bonchev–Trinajstić information content (AvgIpc) is 2.16. The maximum absolute atomic E-state index is 6.00. The fraction of sp³-hybridized carbons (Fsp3) is 0.455. The van der Waals surface area contributed by atoms with Gasteiger partial charge in [0, 0.05) is 16.6 Å². The van der Waals surface area contributed by atoms with Gasteiger partial charge < -0.3 is 10.1 Å².